The largest absolute Gasteiger partial charge is 0.376 e. The molecule has 1 aliphatic rings. The first-order valence-corrected chi connectivity index (χ1v) is 7.24. The quantitative estimate of drug-likeness (QED) is 0.679. The molecule has 1 nitrogen and oxygen atoms in total. The van der Waals surface area contributed by atoms with Gasteiger partial charge in [-0.1, -0.05) is 32.9 Å². The normalized spacial score (nSPS) is 21.6. The van der Waals surface area contributed by atoms with Crippen LogP contribution in [0.3, 0.4) is 0 Å². The summed E-state index contributed by atoms with van der Waals surface area (Å²) in [4.78, 5) is 1.45. The lowest BCUT2D eigenvalue weighted by atomic mass is 9.87. The second-order valence-electron chi connectivity index (χ2n) is 5.15. The molecule has 1 unspecified atom stereocenters. The third kappa shape index (κ3) is 2.74. The maximum absolute atomic E-state index is 5.35. The second-order valence-corrected chi connectivity index (χ2v) is 7.22. The Kier molecular flexibility index (Phi) is 3.50. The molecule has 0 saturated carbocycles. The summed E-state index contributed by atoms with van der Waals surface area (Å²) in [5.74, 6) is 1.15. The highest BCUT2D eigenvalue weighted by Crippen LogP contribution is 2.30. The topological polar surface area (TPSA) is 9.23 Å². The molecule has 2 heteroatoms. The second kappa shape index (κ2) is 4.72. The molecule has 0 radical (unpaired) electrons. The molecule has 0 amide bonds. The van der Waals surface area contributed by atoms with Crippen molar-refractivity contribution in [3.63, 3.8) is 0 Å². The summed E-state index contributed by atoms with van der Waals surface area (Å²) in [6.45, 7) is 8.48. The van der Waals surface area contributed by atoms with Crippen LogP contribution >= 0.6 is 10.5 Å². The van der Waals surface area contributed by atoms with Gasteiger partial charge < -0.3 is 4.74 Å². The molecule has 0 aromatic heterocycles. The van der Waals surface area contributed by atoms with E-state index in [0.717, 1.165) is 19.0 Å². The maximum atomic E-state index is 5.35. The highest BCUT2D eigenvalue weighted by atomic mass is 32.2. The summed E-state index contributed by atoms with van der Waals surface area (Å²) in [5.41, 5.74) is 1.66. The number of hydrogen-bond acceptors (Lipinski definition) is 1. The van der Waals surface area contributed by atoms with Gasteiger partial charge in [-0.25, -0.2) is 0 Å². The van der Waals surface area contributed by atoms with E-state index in [0.29, 0.717) is 10.5 Å². The van der Waals surface area contributed by atoms with Crippen LogP contribution in [0.4, 0.5) is 0 Å². The van der Waals surface area contributed by atoms with E-state index in [1.54, 1.807) is 0 Å². The zero-order chi connectivity index (χ0) is 11.6. The Labute approximate surface area is 101 Å². The Morgan fingerprint density at radius 1 is 1.12 bits per heavy atom. The van der Waals surface area contributed by atoms with E-state index in [1.807, 2.05) is 0 Å². The lowest BCUT2D eigenvalue weighted by Gasteiger charge is -2.20. The van der Waals surface area contributed by atoms with E-state index in [1.165, 1.54) is 10.5 Å². The van der Waals surface area contributed by atoms with Gasteiger partial charge in [0, 0.05) is 10.6 Å². The van der Waals surface area contributed by atoms with E-state index in [4.69, 9.17) is 4.74 Å². The molecule has 1 aromatic carbocycles. The molecular formula is C14H20OS. The predicted octanol–water partition coefficient (Wildman–Crippen LogP) is 3.44. The molecule has 0 saturated heterocycles. The summed E-state index contributed by atoms with van der Waals surface area (Å²) in [7, 11) is 0.307. The van der Waals surface area contributed by atoms with Gasteiger partial charge in [0.1, 0.15) is 0 Å². The van der Waals surface area contributed by atoms with E-state index in [2.05, 4.69) is 50.4 Å². The van der Waals surface area contributed by atoms with Crippen LogP contribution in [-0.4, -0.2) is 24.3 Å². The van der Waals surface area contributed by atoms with Crippen LogP contribution in [0.25, 0.3) is 0 Å². The summed E-state index contributed by atoms with van der Waals surface area (Å²) in [5, 5.41) is 2.30. The minimum absolute atomic E-state index is 0.251. The van der Waals surface area contributed by atoms with Crippen LogP contribution in [-0.2, 0) is 10.2 Å². The zero-order valence-corrected chi connectivity index (χ0v) is 11.1. The minimum atomic E-state index is 0.251. The molecule has 2 rings (SSSR count). The van der Waals surface area contributed by atoms with E-state index < -0.39 is 0 Å². The van der Waals surface area contributed by atoms with Gasteiger partial charge in [-0.3, -0.25) is 0 Å². The predicted molar refractivity (Wildman–Crippen MR) is 72.7 cm³/mol. The average Bonchev–Trinajstić information content (AvgIpc) is 2.29. The van der Waals surface area contributed by atoms with Gasteiger partial charge in [-0.15, -0.1) is 0 Å². The molecule has 0 fully saturated rings. The van der Waals surface area contributed by atoms with E-state index in [9.17, 15) is 0 Å². The van der Waals surface area contributed by atoms with Crippen molar-refractivity contribution in [2.75, 3.05) is 19.0 Å². The molecule has 1 atom stereocenters. The average molecular weight is 236 g/mol. The first-order valence-electron chi connectivity index (χ1n) is 5.79. The van der Waals surface area contributed by atoms with Crippen LogP contribution in [0.5, 0.6) is 0 Å². The highest BCUT2D eigenvalue weighted by molar-refractivity contribution is 8.15. The van der Waals surface area contributed by atoms with Crippen molar-refractivity contribution in [3.05, 3.63) is 29.8 Å². The third-order valence-corrected chi connectivity index (χ3v) is 4.88. The van der Waals surface area contributed by atoms with Crippen molar-refractivity contribution in [2.24, 2.45) is 0 Å². The molecule has 0 spiro atoms. The number of benzene rings is 1. The lowest BCUT2D eigenvalue weighted by Crippen LogP contribution is -2.11. The first-order chi connectivity index (χ1) is 7.57. The Morgan fingerprint density at radius 2 is 1.81 bits per heavy atom. The van der Waals surface area contributed by atoms with Gasteiger partial charge in [0.15, 0.2) is 0 Å². The van der Waals surface area contributed by atoms with Crippen molar-refractivity contribution in [1.82, 2.24) is 0 Å². The Bertz CT molecular complexity index is 384. The van der Waals surface area contributed by atoms with E-state index in [-0.39, 0.29) is 5.41 Å². The molecule has 1 heterocycles. The monoisotopic (exact) mass is 236 g/mol. The number of ether oxygens (including phenoxy) is 1. The molecule has 0 N–H and O–H groups in total. The van der Waals surface area contributed by atoms with Crippen LogP contribution < -0.4 is 0 Å². The minimum Gasteiger partial charge on any atom is -0.376 e. The van der Waals surface area contributed by atoms with Gasteiger partial charge in [0.05, 0.1) is 13.2 Å². The fourth-order valence-electron chi connectivity index (χ4n) is 1.79. The molecule has 1 aliphatic heterocycles. The maximum Gasteiger partial charge on any atom is 0.0704 e. The lowest BCUT2D eigenvalue weighted by molar-refractivity contribution is 0.191. The first kappa shape index (κ1) is 11.9. The van der Waals surface area contributed by atoms with Crippen molar-refractivity contribution < 1.29 is 4.74 Å². The van der Waals surface area contributed by atoms with Crippen LogP contribution in [0, 0.1) is 0 Å². The van der Waals surface area contributed by atoms with Gasteiger partial charge in [0.25, 0.3) is 0 Å². The summed E-state index contributed by atoms with van der Waals surface area (Å²) in [6, 6.07) is 9.11. The van der Waals surface area contributed by atoms with Crippen molar-refractivity contribution >= 4 is 15.9 Å². The van der Waals surface area contributed by atoms with Crippen molar-refractivity contribution in [2.45, 2.75) is 31.1 Å². The zero-order valence-electron chi connectivity index (χ0n) is 10.3. The summed E-state index contributed by atoms with van der Waals surface area (Å²) < 4.78 is 5.35. The Morgan fingerprint density at radius 3 is 2.31 bits per heavy atom. The molecule has 0 aliphatic carbocycles. The fraction of sp³-hybridized carbons (Fsp3) is 0.500. The molecule has 88 valence electrons. The third-order valence-electron chi connectivity index (χ3n) is 2.86. The molecule has 0 bridgehead atoms. The molecule has 16 heavy (non-hydrogen) atoms. The van der Waals surface area contributed by atoms with Gasteiger partial charge in [-0.05, 0) is 28.5 Å². The van der Waals surface area contributed by atoms with Gasteiger partial charge in [-0.2, -0.15) is 10.5 Å². The van der Waals surface area contributed by atoms with Crippen LogP contribution in [0.2, 0.25) is 0 Å². The van der Waals surface area contributed by atoms with Crippen LogP contribution in [0.15, 0.2) is 29.2 Å². The van der Waals surface area contributed by atoms with E-state index >= 15 is 0 Å². The number of hydrogen-bond donors (Lipinski definition) is 0. The highest BCUT2D eigenvalue weighted by Gasteiger charge is 2.13. The molecule has 1 aromatic rings. The summed E-state index contributed by atoms with van der Waals surface area (Å²) >= 11 is 0. The van der Waals surface area contributed by atoms with Crippen molar-refractivity contribution in [1.29, 1.82) is 0 Å². The Balaban J connectivity index is 2.22. The fourth-order valence-corrected chi connectivity index (χ4v) is 3.43. The summed E-state index contributed by atoms with van der Waals surface area (Å²) in [6.07, 6.45) is 0. The van der Waals surface area contributed by atoms with Crippen molar-refractivity contribution in [3.8, 4) is 0 Å². The Hall–Kier alpha value is -0.600. The van der Waals surface area contributed by atoms with Gasteiger partial charge >= 0.3 is 0 Å². The van der Waals surface area contributed by atoms with Gasteiger partial charge in [0.2, 0.25) is 0 Å². The SMILES string of the molecule is CC(C)(C)c1ccc(S2=CCOCC2)cc1. The smallest absolute Gasteiger partial charge is 0.0704 e. The number of rotatable bonds is 1. The molecular weight excluding hydrogens is 216 g/mol. The standard InChI is InChI=1S/C14H20OS/c1-14(2,3)12-4-6-13(7-5-12)16-10-8-15-9-11-16/h4-7,10H,8-9,11H2,1-3H3. The van der Waals surface area contributed by atoms with Crippen LogP contribution in [0.1, 0.15) is 26.3 Å².